The van der Waals surface area contributed by atoms with E-state index < -0.39 is 12.0 Å². The van der Waals surface area contributed by atoms with Gasteiger partial charge in [0.15, 0.2) is 17.8 Å². The molecule has 102 valence electrons. The molecule has 19 heavy (non-hydrogen) atoms. The van der Waals surface area contributed by atoms with Crippen molar-refractivity contribution in [3.8, 4) is 11.5 Å². The monoisotopic (exact) mass is 329 g/mol. The second-order valence-corrected chi connectivity index (χ2v) is 4.90. The first kappa shape index (κ1) is 13.8. The number of hydrogen-bond acceptors (Lipinski definition) is 5. The Morgan fingerprint density at radius 2 is 2.11 bits per heavy atom. The van der Waals surface area contributed by atoms with Crippen LogP contribution in [0.5, 0.6) is 11.5 Å². The standard InChI is InChI=1S/C12H12BrNO5/c13-8-3-6(5-15)10-11(19-2-1-18-10)7(8)4-9(14)12(16)17/h3,5,9H,1-2,4,14H2,(H,16,17). The van der Waals surface area contributed by atoms with E-state index in [1.165, 1.54) is 0 Å². The molecule has 0 radical (unpaired) electrons. The number of benzene rings is 1. The summed E-state index contributed by atoms with van der Waals surface area (Å²) in [6.45, 7) is 0.691. The van der Waals surface area contributed by atoms with Gasteiger partial charge in [-0.15, -0.1) is 0 Å². The lowest BCUT2D eigenvalue weighted by atomic mass is 10.0. The number of carbonyl (C=O) groups is 2. The van der Waals surface area contributed by atoms with Crippen LogP contribution in [0.15, 0.2) is 10.5 Å². The Kier molecular flexibility index (Phi) is 4.06. The van der Waals surface area contributed by atoms with Gasteiger partial charge in [0.25, 0.3) is 0 Å². The first-order valence-corrected chi connectivity index (χ1v) is 6.38. The second-order valence-electron chi connectivity index (χ2n) is 4.05. The summed E-state index contributed by atoms with van der Waals surface area (Å²) in [6, 6.07) is 0.526. The number of fused-ring (bicyclic) bond motifs is 1. The summed E-state index contributed by atoms with van der Waals surface area (Å²) in [5, 5.41) is 8.87. The Morgan fingerprint density at radius 3 is 2.68 bits per heavy atom. The van der Waals surface area contributed by atoms with Crippen molar-refractivity contribution in [3.05, 3.63) is 21.7 Å². The van der Waals surface area contributed by atoms with Gasteiger partial charge in [-0.2, -0.15) is 0 Å². The van der Waals surface area contributed by atoms with E-state index >= 15 is 0 Å². The number of aliphatic carboxylic acids is 1. The van der Waals surface area contributed by atoms with E-state index in [2.05, 4.69) is 15.9 Å². The molecule has 1 heterocycles. The maximum Gasteiger partial charge on any atom is 0.320 e. The number of carboxylic acids is 1. The number of rotatable bonds is 4. The summed E-state index contributed by atoms with van der Waals surface area (Å²) in [5.74, 6) is -0.367. The first-order chi connectivity index (χ1) is 9.04. The largest absolute Gasteiger partial charge is 0.486 e. The van der Waals surface area contributed by atoms with Crippen molar-refractivity contribution in [2.75, 3.05) is 13.2 Å². The Bertz CT molecular complexity index is 531. The summed E-state index contributed by atoms with van der Waals surface area (Å²) < 4.78 is 11.5. The van der Waals surface area contributed by atoms with E-state index in [-0.39, 0.29) is 6.42 Å². The minimum atomic E-state index is -1.10. The van der Waals surface area contributed by atoms with Crippen LogP contribution < -0.4 is 15.2 Å². The predicted molar refractivity (Wildman–Crippen MR) is 69.8 cm³/mol. The van der Waals surface area contributed by atoms with E-state index in [9.17, 15) is 9.59 Å². The Balaban J connectivity index is 2.48. The maximum atomic E-state index is 11.0. The van der Waals surface area contributed by atoms with E-state index in [1.807, 2.05) is 0 Å². The highest BCUT2D eigenvalue weighted by Gasteiger charge is 2.25. The first-order valence-electron chi connectivity index (χ1n) is 5.59. The molecule has 0 bridgehead atoms. The smallest absolute Gasteiger partial charge is 0.320 e. The zero-order valence-corrected chi connectivity index (χ0v) is 11.5. The lowest BCUT2D eigenvalue weighted by molar-refractivity contribution is -0.138. The molecule has 0 spiro atoms. The maximum absolute atomic E-state index is 11.0. The third-order valence-electron chi connectivity index (χ3n) is 2.76. The molecule has 0 saturated carbocycles. The molecule has 1 aliphatic rings. The van der Waals surface area contributed by atoms with Crippen molar-refractivity contribution in [1.29, 1.82) is 0 Å². The van der Waals surface area contributed by atoms with E-state index in [1.54, 1.807) is 6.07 Å². The fourth-order valence-electron chi connectivity index (χ4n) is 1.84. The van der Waals surface area contributed by atoms with Gasteiger partial charge in [0.1, 0.15) is 19.3 Å². The normalized spacial score (nSPS) is 14.8. The number of nitrogens with two attached hydrogens (primary N) is 1. The van der Waals surface area contributed by atoms with Gasteiger partial charge in [-0.1, -0.05) is 15.9 Å². The van der Waals surface area contributed by atoms with Crippen molar-refractivity contribution in [1.82, 2.24) is 0 Å². The van der Waals surface area contributed by atoms with Crippen molar-refractivity contribution < 1.29 is 24.2 Å². The lowest BCUT2D eigenvalue weighted by Gasteiger charge is -2.24. The van der Waals surface area contributed by atoms with Crippen LogP contribution >= 0.6 is 15.9 Å². The molecule has 0 aromatic heterocycles. The molecule has 0 fully saturated rings. The number of halogens is 1. The van der Waals surface area contributed by atoms with E-state index in [4.69, 9.17) is 20.3 Å². The van der Waals surface area contributed by atoms with Crippen LogP contribution in [0.3, 0.4) is 0 Å². The molecule has 2 rings (SSSR count). The quantitative estimate of drug-likeness (QED) is 0.799. The van der Waals surface area contributed by atoms with Gasteiger partial charge < -0.3 is 20.3 Å². The third kappa shape index (κ3) is 2.71. The summed E-state index contributed by atoms with van der Waals surface area (Å²) in [5.41, 5.74) is 6.48. The van der Waals surface area contributed by atoms with Crippen LogP contribution in [0.1, 0.15) is 15.9 Å². The molecular formula is C12H12BrNO5. The molecule has 7 heteroatoms. The van der Waals surface area contributed by atoms with Crippen molar-refractivity contribution in [2.24, 2.45) is 5.73 Å². The Morgan fingerprint density at radius 1 is 1.47 bits per heavy atom. The minimum Gasteiger partial charge on any atom is -0.486 e. The highest BCUT2D eigenvalue weighted by molar-refractivity contribution is 9.10. The zero-order chi connectivity index (χ0) is 14.0. The minimum absolute atomic E-state index is 0.0841. The van der Waals surface area contributed by atoms with Gasteiger partial charge in [-0.25, -0.2) is 0 Å². The van der Waals surface area contributed by atoms with Crippen LogP contribution in [0.2, 0.25) is 0 Å². The average molecular weight is 330 g/mol. The molecule has 0 aliphatic carbocycles. The van der Waals surface area contributed by atoms with Crippen LogP contribution in [0, 0.1) is 0 Å². The fourth-order valence-corrected chi connectivity index (χ4v) is 2.43. The molecule has 1 unspecified atom stereocenters. The average Bonchev–Trinajstić information content (AvgIpc) is 2.41. The lowest BCUT2D eigenvalue weighted by Crippen LogP contribution is -2.33. The highest BCUT2D eigenvalue weighted by atomic mass is 79.9. The number of carboxylic acid groups (broad SMARTS) is 1. The fraction of sp³-hybridized carbons (Fsp3) is 0.333. The third-order valence-corrected chi connectivity index (χ3v) is 3.46. The van der Waals surface area contributed by atoms with E-state index in [0.29, 0.717) is 46.6 Å². The Labute approximate surface area is 117 Å². The predicted octanol–water partition coefficient (Wildman–Crippen LogP) is 0.987. The van der Waals surface area contributed by atoms with Crippen molar-refractivity contribution in [2.45, 2.75) is 12.5 Å². The number of aldehydes is 1. The number of ether oxygens (including phenoxy) is 2. The topological polar surface area (TPSA) is 98.9 Å². The molecule has 3 N–H and O–H groups in total. The summed E-state index contributed by atoms with van der Waals surface area (Å²) >= 11 is 3.30. The van der Waals surface area contributed by atoms with Crippen LogP contribution in [-0.4, -0.2) is 36.6 Å². The molecule has 1 aromatic rings. The zero-order valence-electron chi connectivity index (χ0n) is 9.89. The van der Waals surface area contributed by atoms with Crippen molar-refractivity contribution in [3.63, 3.8) is 0 Å². The highest BCUT2D eigenvalue weighted by Crippen LogP contribution is 2.41. The van der Waals surface area contributed by atoms with Gasteiger partial charge in [-0.3, -0.25) is 9.59 Å². The van der Waals surface area contributed by atoms with Crippen LogP contribution in [0.4, 0.5) is 0 Å². The molecule has 0 saturated heterocycles. The Hall–Kier alpha value is -1.60. The van der Waals surface area contributed by atoms with E-state index in [0.717, 1.165) is 0 Å². The van der Waals surface area contributed by atoms with Gasteiger partial charge in [-0.05, 0) is 6.07 Å². The molecule has 6 nitrogen and oxygen atoms in total. The van der Waals surface area contributed by atoms with Crippen LogP contribution in [0.25, 0.3) is 0 Å². The number of carbonyl (C=O) groups excluding carboxylic acids is 1. The molecule has 1 aromatic carbocycles. The molecule has 0 amide bonds. The molecular weight excluding hydrogens is 318 g/mol. The summed E-state index contributed by atoms with van der Waals surface area (Å²) in [6.07, 6.45) is 0.750. The molecule has 1 aliphatic heterocycles. The summed E-state index contributed by atoms with van der Waals surface area (Å²) in [4.78, 5) is 21.8. The van der Waals surface area contributed by atoms with Crippen LogP contribution in [-0.2, 0) is 11.2 Å². The second kappa shape index (κ2) is 5.58. The van der Waals surface area contributed by atoms with Gasteiger partial charge in [0, 0.05) is 16.5 Å². The SMILES string of the molecule is NC(Cc1c(Br)cc(C=O)c2c1OCCO2)C(=O)O. The van der Waals surface area contributed by atoms with Gasteiger partial charge in [0.05, 0.1) is 5.56 Å². The van der Waals surface area contributed by atoms with Gasteiger partial charge >= 0.3 is 5.97 Å². The van der Waals surface area contributed by atoms with Gasteiger partial charge in [0.2, 0.25) is 0 Å². The van der Waals surface area contributed by atoms with Crippen molar-refractivity contribution >= 4 is 28.2 Å². The molecule has 1 atom stereocenters. The summed E-state index contributed by atoms with van der Waals surface area (Å²) in [7, 11) is 0. The number of hydrogen-bond donors (Lipinski definition) is 2.